The van der Waals surface area contributed by atoms with Gasteiger partial charge in [0.1, 0.15) is 5.75 Å². The van der Waals surface area contributed by atoms with Crippen molar-refractivity contribution in [2.75, 3.05) is 0 Å². The Morgan fingerprint density at radius 2 is 0.800 bits per heavy atom. The zero-order valence-corrected chi connectivity index (χ0v) is 16.3. The summed E-state index contributed by atoms with van der Waals surface area (Å²) in [6, 6.07) is 3.22. The number of halogens is 17. The molecule has 0 heterocycles. The van der Waals surface area contributed by atoms with Crippen LogP contribution >= 0.6 is 0 Å². The van der Waals surface area contributed by atoms with Crippen LogP contribution in [0.15, 0.2) is 30.3 Å². The van der Waals surface area contributed by atoms with E-state index in [9.17, 15) is 83.1 Å². The van der Waals surface area contributed by atoms with Crippen LogP contribution in [0.3, 0.4) is 0 Å². The van der Waals surface area contributed by atoms with Gasteiger partial charge in [-0.05, 0) is 12.1 Å². The summed E-state index contributed by atoms with van der Waals surface area (Å²) >= 11 is 0. The third kappa shape index (κ3) is 4.11. The van der Waals surface area contributed by atoms with E-state index in [4.69, 9.17) is 0 Å². The van der Waals surface area contributed by atoms with Gasteiger partial charge in [0.15, 0.2) is 0 Å². The van der Waals surface area contributed by atoms with Crippen molar-refractivity contribution in [1.29, 1.82) is 0 Å². The zero-order chi connectivity index (χ0) is 28.3. The first-order valence-corrected chi connectivity index (χ1v) is 9.19. The van der Waals surface area contributed by atoms with E-state index in [2.05, 4.69) is 4.18 Å². The highest BCUT2D eigenvalue weighted by molar-refractivity contribution is 7.88. The van der Waals surface area contributed by atoms with Gasteiger partial charge >= 0.3 is 57.1 Å². The average Bonchev–Trinajstić information content (AvgIpc) is 2.66. The Morgan fingerprint density at radius 1 is 0.486 bits per heavy atom. The highest BCUT2D eigenvalue weighted by atomic mass is 32.2. The highest BCUT2D eigenvalue weighted by Crippen LogP contribution is 2.64. The first-order chi connectivity index (χ1) is 15.1. The molecule has 0 aromatic heterocycles. The van der Waals surface area contributed by atoms with E-state index >= 15 is 0 Å². The molecule has 0 saturated heterocycles. The van der Waals surface area contributed by atoms with E-state index in [1.54, 1.807) is 0 Å². The van der Waals surface area contributed by atoms with E-state index in [1.165, 1.54) is 0 Å². The quantitative estimate of drug-likeness (QED) is 0.254. The monoisotopic (exact) mass is 576 g/mol. The minimum Gasteiger partial charge on any atom is -0.378 e. The molecule has 1 rings (SSSR count). The smallest absolute Gasteiger partial charge is 0.378 e. The molecule has 0 fully saturated rings. The summed E-state index contributed by atoms with van der Waals surface area (Å²) in [5.41, 5.74) is 0. The van der Waals surface area contributed by atoms with Crippen molar-refractivity contribution in [1.82, 2.24) is 0 Å². The van der Waals surface area contributed by atoms with E-state index in [1.807, 2.05) is 0 Å². The SMILES string of the molecule is O=S(=O)(Oc1ccccc1)C(F)(F)C(F)(F)C(F)(F)C(F)(F)C(F)(F)C(F)(F)C(F)(F)C(F)(F)F. The van der Waals surface area contributed by atoms with Crippen LogP contribution in [0.25, 0.3) is 0 Å². The average molecular weight is 576 g/mol. The summed E-state index contributed by atoms with van der Waals surface area (Å²) in [5, 5.41) is -7.71. The van der Waals surface area contributed by atoms with Crippen molar-refractivity contribution < 1.29 is 87.2 Å². The van der Waals surface area contributed by atoms with Gasteiger partial charge in [0.25, 0.3) is 0 Å². The van der Waals surface area contributed by atoms with Crippen LogP contribution < -0.4 is 4.18 Å². The van der Waals surface area contributed by atoms with Gasteiger partial charge in [-0.3, -0.25) is 0 Å². The van der Waals surface area contributed by atoms with Crippen LogP contribution in [-0.4, -0.2) is 55.4 Å². The van der Waals surface area contributed by atoms with Crippen LogP contribution in [0.1, 0.15) is 0 Å². The van der Waals surface area contributed by atoms with Crippen LogP contribution in [0.4, 0.5) is 74.6 Å². The standard InChI is InChI=1S/C14H5F17O3S/c15-7(16,9(19,20)11(23,24)13(27,28)29)8(17,18)10(21,22)12(25,26)14(30,31)35(32,33)34-6-4-2-1-3-5-6/h1-5H. The second-order valence-electron chi connectivity index (χ2n) is 6.31. The predicted molar refractivity (Wildman–Crippen MR) is 76.7 cm³/mol. The lowest BCUT2D eigenvalue weighted by Crippen LogP contribution is -2.75. The fourth-order valence-electron chi connectivity index (χ4n) is 1.96. The molecule has 0 bridgehead atoms. The van der Waals surface area contributed by atoms with Crippen LogP contribution in [-0.2, 0) is 10.1 Å². The second kappa shape index (κ2) is 8.15. The number of alkyl halides is 17. The van der Waals surface area contributed by atoms with Crippen LogP contribution in [0, 0.1) is 0 Å². The molecule has 35 heavy (non-hydrogen) atoms. The normalized spacial score (nSPS) is 15.8. The number of benzene rings is 1. The lowest BCUT2D eigenvalue weighted by molar-refractivity contribution is -0.458. The molecule has 0 spiro atoms. The third-order valence-corrected chi connectivity index (χ3v) is 5.25. The molecule has 0 radical (unpaired) electrons. The predicted octanol–water partition coefficient (Wildman–Crippen LogP) is 6.36. The van der Waals surface area contributed by atoms with Gasteiger partial charge in [0.05, 0.1) is 0 Å². The first-order valence-electron chi connectivity index (χ1n) is 7.78. The van der Waals surface area contributed by atoms with E-state index in [0.29, 0.717) is 12.1 Å². The van der Waals surface area contributed by atoms with E-state index < -0.39 is 62.8 Å². The molecule has 0 atom stereocenters. The van der Waals surface area contributed by atoms with Gasteiger partial charge in [-0.25, -0.2) is 0 Å². The molecule has 0 aliphatic heterocycles. The molecule has 204 valence electrons. The summed E-state index contributed by atoms with van der Waals surface area (Å²) in [6.07, 6.45) is -7.88. The largest absolute Gasteiger partial charge is 0.460 e. The minimum atomic E-state index is -8.88. The number of para-hydroxylation sites is 1. The fourth-order valence-corrected chi connectivity index (χ4v) is 2.87. The molecule has 1 aromatic carbocycles. The molecule has 0 unspecified atom stereocenters. The van der Waals surface area contributed by atoms with Gasteiger partial charge in [-0.1, -0.05) is 18.2 Å². The van der Waals surface area contributed by atoms with Gasteiger partial charge in [-0.15, -0.1) is 0 Å². The van der Waals surface area contributed by atoms with Gasteiger partial charge < -0.3 is 4.18 Å². The second-order valence-corrected chi connectivity index (χ2v) is 7.90. The summed E-state index contributed by atoms with van der Waals surface area (Å²) in [6.45, 7) is 0. The topological polar surface area (TPSA) is 43.4 Å². The molecule has 0 aliphatic rings. The molecular weight excluding hydrogens is 571 g/mol. The Hall–Kier alpha value is -2.22. The van der Waals surface area contributed by atoms with Crippen molar-refractivity contribution in [3.8, 4) is 5.75 Å². The molecule has 3 nitrogen and oxygen atoms in total. The third-order valence-electron chi connectivity index (χ3n) is 3.96. The van der Waals surface area contributed by atoms with Crippen LogP contribution in [0.5, 0.6) is 5.75 Å². The summed E-state index contributed by atoms with van der Waals surface area (Å²) < 4.78 is 249. The van der Waals surface area contributed by atoms with Crippen molar-refractivity contribution in [3.63, 3.8) is 0 Å². The molecule has 0 saturated carbocycles. The highest BCUT2D eigenvalue weighted by Gasteiger charge is 2.96. The maximum atomic E-state index is 13.8. The van der Waals surface area contributed by atoms with E-state index in [-0.39, 0.29) is 0 Å². The minimum absolute atomic E-state index is 0.368. The number of rotatable bonds is 9. The first kappa shape index (κ1) is 30.8. The van der Waals surface area contributed by atoms with Crippen molar-refractivity contribution in [3.05, 3.63) is 30.3 Å². The summed E-state index contributed by atoms with van der Waals surface area (Å²) in [5.74, 6) is -53.3. The Morgan fingerprint density at radius 3 is 1.14 bits per heavy atom. The van der Waals surface area contributed by atoms with E-state index in [0.717, 1.165) is 18.2 Å². The summed E-state index contributed by atoms with van der Waals surface area (Å²) in [7, 11) is -7.60. The van der Waals surface area contributed by atoms with Gasteiger partial charge in [0, 0.05) is 0 Å². The van der Waals surface area contributed by atoms with Gasteiger partial charge in [0.2, 0.25) is 0 Å². The Bertz CT molecular complexity index is 1010. The molecular formula is C14H5F17O3S. The molecule has 0 amide bonds. The maximum absolute atomic E-state index is 13.8. The number of hydrogen-bond acceptors (Lipinski definition) is 3. The Balaban J connectivity index is 3.69. The van der Waals surface area contributed by atoms with Crippen molar-refractivity contribution >= 4 is 10.1 Å². The number of hydrogen-bond donors (Lipinski definition) is 0. The molecule has 21 heteroatoms. The molecule has 1 aromatic rings. The lowest BCUT2D eigenvalue weighted by Gasteiger charge is -2.42. The van der Waals surface area contributed by atoms with Crippen LogP contribution in [0.2, 0.25) is 0 Å². The Labute approximate surface area is 181 Å². The fraction of sp³-hybridized carbons (Fsp3) is 0.571. The maximum Gasteiger partial charge on any atom is 0.460 e. The Kier molecular flexibility index (Phi) is 7.17. The van der Waals surface area contributed by atoms with Crippen molar-refractivity contribution in [2.45, 2.75) is 47.0 Å². The van der Waals surface area contributed by atoms with Gasteiger partial charge in [-0.2, -0.15) is 83.1 Å². The van der Waals surface area contributed by atoms with Crippen molar-refractivity contribution in [2.24, 2.45) is 0 Å². The zero-order valence-electron chi connectivity index (χ0n) is 15.4. The summed E-state index contributed by atoms with van der Waals surface area (Å²) in [4.78, 5) is 0. The lowest BCUT2D eigenvalue weighted by atomic mass is 9.91. The molecule has 0 aliphatic carbocycles. The molecule has 0 N–H and O–H groups in total.